The van der Waals surface area contributed by atoms with E-state index in [9.17, 15) is 14.4 Å². The summed E-state index contributed by atoms with van der Waals surface area (Å²) in [7, 11) is 0. The minimum absolute atomic E-state index is 0.205. The van der Waals surface area contributed by atoms with Crippen LogP contribution in [0.4, 0.5) is 0 Å². The monoisotopic (exact) mass is 366 g/mol. The Balaban J connectivity index is 1.58. The van der Waals surface area contributed by atoms with Crippen molar-refractivity contribution in [2.24, 2.45) is 0 Å². The maximum atomic E-state index is 12.1. The van der Waals surface area contributed by atoms with E-state index in [1.807, 2.05) is 26.0 Å². The highest BCUT2D eigenvalue weighted by molar-refractivity contribution is 5.97. The van der Waals surface area contributed by atoms with Crippen molar-refractivity contribution in [2.75, 3.05) is 6.61 Å². The molecule has 1 heterocycles. The van der Waals surface area contributed by atoms with Crippen LogP contribution < -0.4 is 21.2 Å². The summed E-state index contributed by atoms with van der Waals surface area (Å²) in [6, 6.07) is 13.7. The average molecular weight is 366 g/mol. The fourth-order valence-electron chi connectivity index (χ4n) is 2.40. The number of hydrogen-bond acceptors (Lipinski definition) is 5. The molecule has 0 radical (unpaired) electrons. The van der Waals surface area contributed by atoms with E-state index < -0.39 is 17.4 Å². The van der Waals surface area contributed by atoms with E-state index in [-0.39, 0.29) is 12.2 Å². The number of hydrazine groups is 1. The highest BCUT2D eigenvalue weighted by atomic mass is 16.5. The topological polar surface area (TPSA) is 97.6 Å². The number of amides is 2. The molecule has 0 aliphatic heterocycles. The van der Waals surface area contributed by atoms with Gasteiger partial charge in [-0.05, 0) is 49.2 Å². The molecular weight excluding hydrogens is 348 g/mol. The van der Waals surface area contributed by atoms with Gasteiger partial charge in [0.05, 0.1) is 0 Å². The summed E-state index contributed by atoms with van der Waals surface area (Å²) >= 11 is 0. The Kier molecular flexibility index (Phi) is 5.21. The molecule has 0 spiro atoms. The molecule has 2 amide bonds. The number of hydrogen-bond donors (Lipinski definition) is 2. The number of carbonyl (C=O) groups excluding carboxylic acids is 2. The molecule has 0 aliphatic rings. The van der Waals surface area contributed by atoms with Gasteiger partial charge in [0.1, 0.15) is 16.9 Å². The van der Waals surface area contributed by atoms with Crippen LogP contribution in [0.1, 0.15) is 21.5 Å². The lowest BCUT2D eigenvalue weighted by Crippen LogP contribution is -2.45. The summed E-state index contributed by atoms with van der Waals surface area (Å²) in [6.07, 6.45) is 0. The zero-order chi connectivity index (χ0) is 19.4. The van der Waals surface area contributed by atoms with Gasteiger partial charge in [0.15, 0.2) is 6.61 Å². The maximum Gasteiger partial charge on any atom is 0.349 e. The summed E-state index contributed by atoms with van der Waals surface area (Å²) < 4.78 is 10.5. The van der Waals surface area contributed by atoms with Crippen molar-refractivity contribution in [2.45, 2.75) is 13.8 Å². The Labute approximate surface area is 154 Å². The lowest BCUT2D eigenvalue weighted by Gasteiger charge is -2.10. The first-order valence-corrected chi connectivity index (χ1v) is 8.26. The number of benzene rings is 2. The van der Waals surface area contributed by atoms with Gasteiger partial charge in [-0.2, -0.15) is 0 Å². The minimum atomic E-state index is -0.785. The van der Waals surface area contributed by atoms with E-state index in [1.54, 1.807) is 30.3 Å². The molecule has 138 valence electrons. The molecule has 0 saturated carbocycles. The van der Waals surface area contributed by atoms with Gasteiger partial charge < -0.3 is 9.15 Å². The van der Waals surface area contributed by atoms with E-state index in [0.29, 0.717) is 16.7 Å². The predicted octanol–water partition coefficient (Wildman–Crippen LogP) is 2.25. The standard InChI is InChI=1S/C20H18N2O5/c1-12-7-8-15(9-13(12)2)26-11-18(23)21-22-19(24)16-10-14-5-3-4-6-17(14)27-20(16)25/h3-10H,11H2,1-2H3,(H,21,23)(H,22,24). The quantitative estimate of drug-likeness (QED) is 0.545. The summed E-state index contributed by atoms with van der Waals surface area (Å²) in [5, 5.41) is 0.603. The van der Waals surface area contributed by atoms with Crippen molar-refractivity contribution in [1.82, 2.24) is 10.9 Å². The van der Waals surface area contributed by atoms with Gasteiger partial charge in [-0.25, -0.2) is 4.79 Å². The van der Waals surface area contributed by atoms with Gasteiger partial charge in [-0.1, -0.05) is 24.3 Å². The van der Waals surface area contributed by atoms with Crippen LogP contribution in [0.3, 0.4) is 0 Å². The molecular formula is C20H18N2O5. The molecule has 1 aromatic heterocycles. The molecule has 7 nitrogen and oxygen atoms in total. The van der Waals surface area contributed by atoms with E-state index in [4.69, 9.17) is 9.15 Å². The first kappa shape index (κ1) is 18.2. The summed E-state index contributed by atoms with van der Waals surface area (Å²) in [6.45, 7) is 3.64. The van der Waals surface area contributed by atoms with Crippen LogP contribution in [0, 0.1) is 13.8 Å². The van der Waals surface area contributed by atoms with Gasteiger partial charge >= 0.3 is 5.63 Å². The largest absolute Gasteiger partial charge is 0.484 e. The number of carbonyl (C=O) groups is 2. The van der Waals surface area contributed by atoms with Gasteiger partial charge in [-0.3, -0.25) is 20.4 Å². The van der Waals surface area contributed by atoms with Crippen LogP contribution in [-0.2, 0) is 4.79 Å². The Morgan fingerprint density at radius 2 is 1.78 bits per heavy atom. The molecule has 7 heteroatoms. The molecule has 0 unspecified atom stereocenters. The van der Waals surface area contributed by atoms with Crippen LogP contribution in [-0.4, -0.2) is 18.4 Å². The molecule has 3 aromatic rings. The lowest BCUT2D eigenvalue weighted by molar-refractivity contribution is -0.123. The second-order valence-corrected chi connectivity index (χ2v) is 6.02. The van der Waals surface area contributed by atoms with Crippen molar-refractivity contribution in [3.8, 4) is 5.75 Å². The molecule has 2 aromatic carbocycles. The van der Waals surface area contributed by atoms with Gasteiger partial charge in [0, 0.05) is 5.39 Å². The zero-order valence-electron chi connectivity index (χ0n) is 14.9. The third-order valence-electron chi connectivity index (χ3n) is 4.05. The first-order valence-electron chi connectivity index (χ1n) is 8.26. The van der Waals surface area contributed by atoms with Gasteiger partial charge in [0.2, 0.25) is 0 Å². The van der Waals surface area contributed by atoms with E-state index in [2.05, 4.69) is 10.9 Å². The normalized spacial score (nSPS) is 10.4. The summed E-state index contributed by atoms with van der Waals surface area (Å²) in [5.41, 5.74) is 5.94. The van der Waals surface area contributed by atoms with Crippen molar-refractivity contribution >= 4 is 22.8 Å². The summed E-state index contributed by atoms with van der Waals surface area (Å²) in [5.74, 6) is -0.782. The zero-order valence-corrected chi connectivity index (χ0v) is 14.9. The Morgan fingerprint density at radius 3 is 2.56 bits per heavy atom. The molecule has 0 aliphatic carbocycles. The third kappa shape index (κ3) is 4.33. The van der Waals surface area contributed by atoms with E-state index >= 15 is 0 Å². The fourth-order valence-corrected chi connectivity index (χ4v) is 2.40. The number of fused-ring (bicyclic) bond motifs is 1. The molecule has 0 fully saturated rings. The van der Waals surface area contributed by atoms with Gasteiger partial charge in [-0.15, -0.1) is 0 Å². The second-order valence-electron chi connectivity index (χ2n) is 6.02. The maximum absolute atomic E-state index is 12.1. The van der Waals surface area contributed by atoms with Crippen LogP contribution in [0.25, 0.3) is 11.0 Å². The second kappa shape index (κ2) is 7.74. The number of rotatable bonds is 4. The Morgan fingerprint density at radius 1 is 1.00 bits per heavy atom. The van der Waals surface area contributed by atoms with Crippen LogP contribution >= 0.6 is 0 Å². The molecule has 3 rings (SSSR count). The van der Waals surface area contributed by atoms with Crippen molar-refractivity contribution < 1.29 is 18.7 Å². The van der Waals surface area contributed by atoms with Crippen molar-refractivity contribution in [1.29, 1.82) is 0 Å². The van der Waals surface area contributed by atoms with Gasteiger partial charge in [0.25, 0.3) is 11.8 Å². The van der Waals surface area contributed by atoms with Crippen LogP contribution in [0.5, 0.6) is 5.75 Å². The van der Waals surface area contributed by atoms with Crippen molar-refractivity contribution in [3.05, 3.63) is 75.6 Å². The fraction of sp³-hybridized carbons (Fsp3) is 0.150. The van der Waals surface area contributed by atoms with Crippen LogP contribution in [0.15, 0.2) is 57.7 Å². The summed E-state index contributed by atoms with van der Waals surface area (Å²) in [4.78, 5) is 35.9. The SMILES string of the molecule is Cc1ccc(OCC(=O)NNC(=O)c2cc3ccccc3oc2=O)cc1C. The number of nitrogens with one attached hydrogen (secondary N) is 2. The Bertz CT molecular complexity index is 1070. The van der Waals surface area contributed by atoms with Crippen LogP contribution in [0.2, 0.25) is 0 Å². The first-order chi connectivity index (χ1) is 12.9. The van der Waals surface area contributed by atoms with E-state index in [1.165, 1.54) is 6.07 Å². The molecule has 0 atom stereocenters. The molecule has 2 N–H and O–H groups in total. The predicted molar refractivity (Wildman–Crippen MR) is 99.5 cm³/mol. The minimum Gasteiger partial charge on any atom is -0.484 e. The highest BCUT2D eigenvalue weighted by Crippen LogP contribution is 2.16. The smallest absolute Gasteiger partial charge is 0.349 e. The van der Waals surface area contributed by atoms with Crippen molar-refractivity contribution in [3.63, 3.8) is 0 Å². The Hall–Kier alpha value is -3.61. The number of para-hydroxylation sites is 1. The highest BCUT2D eigenvalue weighted by Gasteiger charge is 2.14. The lowest BCUT2D eigenvalue weighted by atomic mass is 10.1. The van der Waals surface area contributed by atoms with E-state index in [0.717, 1.165) is 11.1 Å². The molecule has 0 bridgehead atoms. The molecule has 0 saturated heterocycles. The molecule has 27 heavy (non-hydrogen) atoms. The number of aryl methyl sites for hydroxylation is 2. The average Bonchev–Trinajstić information content (AvgIpc) is 2.66. The number of ether oxygens (including phenoxy) is 1. The third-order valence-corrected chi connectivity index (χ3v) is 4.05.